The zero-order valence-corrected chi connectivity index (χ0v) is 47.1. The van der Waals surface area contributed by atoms with Crippen molar-refractivity contribution in [2.24, 2.45) is 11.8 Å². The fraction of sp³-hybridized carbons (Fsp3) is 0.517. The van der Waals surface area contributed by atoms with Gasteiger partial charge in [-0.15, -0.1) is 0 Å². The molecule has 16 atom stereocenters. The van der Waals surface area contributed by atoms with Gasteiger partial charge in [-0.1, -0.05) is 24.3 Å². The van der Waals surface area contributed by atoms with Crippen molar-refractivity contribution in [1.82, 2.24) is 4.90 Å². The Bertz CT molecular complexity index is 3430. The molecule has 450 valence electrons. The number of methoxy groups -OCH3 is 2. The summed E-state index contributed by atoms with van der Waals surface area (Å²) in [5, 5.41) is 66.8. The molecular weight excluding hydrogens is 1130 g/mol. The van der Waals surface area contributed by atoms with E-state index in [-0.39, 0.29) is 84.0 Å². The van der Waals surface area contributed by atoms with Crippen LogP contribution in [0.2, 0.25) is 0 Å². The Morgan fingerprint density at radius 2 is 1.44 bits per heavy atom. The lowest BCUT2D eigenvalue weighted by Crippen LogP contribution is -2.63. The van der Waals surface area contributed by atoms with Gasteiger partial charge < -0.3 is 82.7 Å². The molecule has 5 fully saturated rings. The van der Waals surface area contributed by atoms with Crippen molar-refractivity contribution in [3.05, 3.63) is 98.6 Å². The molecule has 0 aromatic heterocycles. The highest BCUT2D eigenvalue weighted by molar-refractivity contribution is 7.86. The second kappa shape index (κ2) is 21.8. The lowest BCUT2D eigenvalue weighted by molar-refractivity contribution is -0.364. The number of benzene rings is 4. The summed E-state index contributed by atoms with van der Waals surface area (Å²) in [5.41, 5.74) is -0.744. The van der Waals surface area contributed by atoms with Crippen LogP contribution in [-0.4, -0.2) is 188 Å². The van der Waals surface area contributed by atoms with Gasteiger partial charge in [0.1, 0.15) is 47.6 Å². The van der Waals surface area contributed by atoms with Crippen molar-refractivity contribution in [3.63, 3.8) is 0 Å². The van der Waals surface area contributed by atoms with E-state index in [1.54, 1.807) is 50.2 Å². The second-order valence-electron chi connectivity index (χ2n) is 22.5. The van der Waals surface area contributed by atoms with E-state index in [2.05, 4.69) is 0 Å². The molecule has 3 aliphatic carbocycles. The van der Waals surface area contributed by atoms with Crippen molar-refractivity contribution < 1.29 is 115 Å². The summed E-state index contributed by atoms with van der Waals surface area (Å²) in [6, 6.07) is 12.6. The summed E-state index contributed by atoms with van der Waals surface area (Å²) in [6.07, 6.45) is -10.2. The van der Waals surface area contributed by atoms with Crippen LogP contribution in [0.3, 0.4) is 0 Å². The van der Waals surface area contributed by atoms with Crippen molar-refractivity contribution in [2.45, 2.75) is 125 Å². The normalized spacial score (nSPS) is 33.6. The minimum atomic E-state index is -3.79. The molecule has 0 radical (unpaired) electrons. The van der Waals surface area contributed by atoms with Crippen LogP contribution in [0.4, 0.5) is 0 Å². The van der Waals surface area contributed by atoms with Gasteiger partial charge in [-0.3, -0.25) is 28.3 Å². The molecule has 0 unspecified atom stereocenters. The number of phenolic OH excluding ortho intramolecular Hbond substituents is 3. The van der Waals surface area contributed by atoms with Gasteiger partial charge in [0.05, 0.1) is 69.0 Å². The third kappa shape index (κ3) is 10.0. The molecule has 9 aliphatic rings. The summed E-state index contributed by atoms with van der Waals surface area (Å²) in [7, 11) is -0.934. The van der Waals surface area contributed by atoms with E-state index in [4.69, 9.17) is 56.3 Å². The Morgan fingerprint density at radius 3 is 2.06 bits per heavy atom. The first-order chi connectivity index (χ1) is 40.0. The van der Waals surface area contributed by atoms with Crippen LogP contribution in [0.15, 0.2) is 48.5 Å². The maximum atomic E-state index is 13.5. The van der Waals surface area contributed by atoms with E-state index in [0.29, 0.717) is 28.2 Å². The van der Waals surface area contributed by atoms with Crippen LogP contribution in [0, 0.1) is 11.8 Å². The van der Waals surface area contributed by atoms with Crippen LogP contribution in [-0.2, 0) is 63.5 Å². The van der Waals surface area contributed by atoms with Crippen molar-refractivity contribution >= 4 is 33.4 Å². The monoisotopic (exact) mass is 1190 g/mol. The number of ether oxygens (including phenoxy) is 11. The number of esters is 1. The number of carbonyl (C=O) groups is 4. The van der Waals surface area contributed by atoms with Crippen LogP contribution >= 0.6 is 0 Å². The average Bonchev–Trinajstić information content (AvgIpc) is 1.51. The molecule has 0 bridgehead atoms. The Labute approximate surface area is 480 Å². The Balaban J connectivity index is 0.000000165. The third-order valence-corrected chi connectivity index (χ3v) is 17.9. The zero-order chi connectivity index (χ0) is 59.6. The molecule has 25 nitrogen and oxygen atoms in total. The predicted molar refractivity (Wildman–Crippen MR) is 283 cm³/mol. The van der Waals surface area contributed by atoms with Crippen LogP contribution in [0.5, 0.6) is 40.2 Å². The molecule has 4 aromatic carbocycles. The summed E-state index contributed by atoms with van der Waals surface area (Å²) in [5.74, 6) is -4.17. The average molecular weight is 1190 g/mol. The molecule has 26 heteroatoms. The molecule has 84 heavy (non-hydrogen) atoms. The minimum absolute atomic E-state index is 0.0215. The number of rotatable bonds is 11. The summed E-state index contributed by atoms with van der Waals surface area (Å²) >= 11 is 0. The van der Waals surface area contributed by atoms with Gasteiger partial charge >= 0.3 is 5.97 Å². The fourth-order valence-electron chi connectivity index (χ4n) is 13.2. The Morgan fingerprint density at radius 1 is 0.798 bits per heavy atom. The van der Waals surface area contributed by atoms with Crippen molar-refractivity contribution in [1.29, 1.82) is 0 Å². The number of phenols is 3. The predicted octanol–water partition coefficient (Wildman–Crippen LogP) is 2.70. The van der Waals surface area contributed by atoms with Crippen molar-refractivity contribution in [3.8, 4) is 40.2 Å². The lowest BCUT2D eigenvalue weighted by atomic mass is 9.66. The number of aliphatic hydroxyl groups excluding tert-OH is 2. The molecule has 13 rings (SSSR count). The molecule has 0 saturated carbocycles. The van der Waals surface area contributed by atoms with Gasteiger partial charge in [0.15, 0.2) is 59.2 Å². The number of nitrogens with zero attached hydrogens (tertiary/aromatic N) is 1. The molecule has 4 aromatic rings. The number of aromatic hydroxyl groups is 3. The molecule has 0 spiro atoms. The van der Waals surface area contributed by atoms with Gasteiger partial charge in [0, 0.05) is 72.5 Å². The van der Waals surface area contributed by atoms with Crippen LogP contribution in [0.25, 0.3) is 0 Å². The highest BCUT2D eigenvalue weighted by Crippen LogP contribution is 2.58. The third-order valence-electron chi connectivity index (χ3n) is 17.4. The topological polar surface area (TPSA) is 338 Å². The second-order valence-corrected chi connectivity index (χ2v) is 24.1. The van der Waals surface area contributed by atoms with E-state index < -0.39 is 148 Å². The fourth-order valence-corrected chi connectivity index (χ4v) is 13.9. The van der Waals surface area contributed by atoms with Gasteiger partial charge in [0.2, 0.25) is 12.5 Å². The highest BCUT2D eigenvalue weighted by Gasteiger charge is 2.57. The smallest absolute Gasteiger partial charge is 0.310 e. The number of hydrogen-bond acceptors (Lipinski definition) is 25. The number of hydrogen-bond donors (Lipinski definition) is 6. The van der Waals surface area contributed by atoms with E-state index in [1.807, 2.05) is 4.90 Å². The Kier molecular flexibility index (Phi) is 15.0. The molecule has 6 heterocycles. The first-order valence-corrected chi connectivity index (χ1v) is 29.2. The Hall–Kier alpha value is -6.53. The zero-order valence-electron chi connectivity index (χ0n) is 46.3. The number of ketones is 3. The largest absolute Gasteiger partial charge is 0.507 e. The van der Waals surface area contributed by atoms with Gasteiger partial charge in [-0.25, -0.2) is 0 Å². The van der Waals surface area contributed by atoms with Crippen LogP contribution in [0.1, 0.15) is 111 Å². The van der Waals surface area contributed by atoms with Gasteiger partial charge in [-0.05, 0) is 61.7 Å². The molecular formula is C58H63NO24S. The highest BCUT2D eigenvalue weighted by atomic mass is 32.2. The summed E-state index contributed by atoms with van der Waals surface area (Å²) < 4.78 is 93.0. The minimum Gasteiger partial charge on any atom is -0.507 e. The first kappa shape index (κ1) is 57.9. The number of cyclic esters (lactones) is 1. The lowest BCUT2D eigenvalue weighted by Gasteiger charge is -2.47. The van der Waals surface area contributed by atoms with Crippen molar-refractivity contribution in [2.75, 3.05) is 53.6 Å². The SMILES string of the molecule is CC(=O)[C@]1(O)Cc2c(O)c3c(c(O)c2[C@@H](O[C@H]2C[C@H](N4CC4)[C@H](OS(C)(=O)=O)[C@H](C)O2)C1)C(=O)c1ccccc1C3=O.COc1cc([C@@H]2c3cc4c(cc3[C@@H](O[C@@H]3O[C@@H]5CO[C@@H](C)O[C@H]5[C@H](O)[C@H]3O)[C@H]3COC(=O)[C@H]23)OCO4)cc(OC)c1O. The van der Waals surface area contributed by atoms with Crippen LogP contribution < -0.4 is 18.9 Å². The molecule has 6 N–H and O–H groups in total. The molecule has 5 saturated heterocycles. The maximum absolute atomic E-state index is 13.5. The molecule has 6 aliphatic heterocycles. The van der Waals surface area contributed by atoms with E-state index >= 15 is 0 Å². The number of Topliss-reactive ketones (excluding diaryl/α,β-unsaturated/α-hetero) is 1. The van der Waals surface area contributed by atoms with Gasteiger partial charge in [0.25, 0.3) is 10.1 Å². The first-order valence-electron chi connectivity index (χ1n) is 27.4. The molecule has 0 amide bonds. The summed E-state index contributed by atoms with van der Waals surface area (Å²) in [6.45, 7) is 6.21. The summed E-state index contributed by atoms with van der Waals surface area (Å²) in [4.78, 5) is 54.9. The standard InChI is InChI=1S/C29H31NO11S.C29H32O13/c1-13-28(41-42(3,37)38)18(30-8-9-30)10-20(39-13)40-19-12-29(36,14(2)31)11-17-21(19)27(35)23-22(26(17)34)24(32)15-6-4-5-7-16(15)25(23)33;1-11-36-9-20-27(40-11)24(31)25(32)29(41-20)42-26-14-7-17-16(38-10-39-17)6-13(14)21(22-15(26)8-37-28(22)33)12-4-18(34-2)23(30)19(5-12)35-3/h4-7,13,18-20,28,34-36H,8-12H2,1-3H3;4-7,11,15,20-22,24-27,29-32H,8-10H2,1-3H3/t13-,18-,19-,20-,28+,29-;11-,15+,20-,21-,22+,24-,25-,26-,27-,29+/m01/s1. The van der Waals surface area contributed by atoms with E-state index in [1.165, 1.54) is 33.3 Å². The number of fused-ring (bicyclic) bond motifs is 7. The number of aliphatic hydroxyl groups is 3. The van der Waals surface area contributed by atoms with Gasteiger partial charge in [-0.2, -0.15) is 8.42 Å². The van der Waals surface area contributed by atoms with E-state index in [0.717, 1.165) is 19.3 Å². The number of carbonyl (C=O) groups excluding carboxylic acids is 4. The maximum Gasteiger partial charge on any atom is 0.310 e. The quantitative estimate of drug-likeness (QED) is 0.0479. The van der Waals surface area contributed by atoms with E-state index in [9.17, 15) is 58.2 Å².